The summed E-state index contributed by atoms with van der Waals surface area (Å²) in [5.41, 5.74) is 7.70. The van der Waals surface area contributed by atoms with Gasteiger partial charge in [-0.05, 0) is 62.0 Å². The summed E-state index contributed by atoms with van der Waals surface area (Å²) in [6.07, 6.45) is 8.51. The highest BCUT2D eigenvalue weighted by Crippen LogP contribution is 2.37. The van der Waals surface area contributed by atoms with Crippen LogP contribution in [0.25, 0.3) is 0 Å². The van der Waals surface area contributed by atoms with E-state index in [-0.39, 0.29) is 18.3 Å². The number of nitrogens with two attached hydrogens (primary N) is 1. The summed E-state index contributed by atoms with van der Waals surface area (Å²) in [5.74, 6) is 1.44. The van der Waals surface area contributed by atoms with Crippen molar-refractivity contribution in [1.82, 2.24) is 4.90 Å². The molecule has 3 aliphatic rings. The predicted molar refractivity (Wildman–Crippen MR) is 92.9 cm³/mol. The van der Waals surface area contributed by atoms with E-state index in [1.165, 1.54) is 42.5 Å². The minimum Gasteiger partial charge on any atom is -0.337 e. The number of hydrogen-bond donors (Lipinski definition) is 1. The second-order valence-electron chi connectivity index (χ2n) is 6.99. The van der Waals surface area contributed by atoms with E-state index < -0.39 is 0 Å². The van der Waals surface area contributed by atoms with Crippen LogP contribution in [-0.4, -0.2) is 29.9 Å². The molecular weight excluding hydrogens is 316 g/mol. The topological polar surface area (TPSA) is 46.3 Å². The van der Waals surface area contributed by atoms with Gasteiger partial charge in [-0.25, -0.2) is 0 Å². The second-order valence-corrected chi connectivity index (χ2v) is 8.13. The molecule has 22 heavy (non-hydrogen) atoms. The monoisotopic (exact) mass is 340 g/mol. The number of rotatable bonds is 1. The quantitative estimate of drug-likeness (QED) is 0.853. The number of hydrogen-bond acceptors (Lipinski definition) is 3. The first kappa shape index (κ1) is 16.3. The Kier molecular flexibility index (Phi) is 4.81. The Labute approximate surface area is 142 Å². The van der Waals surface area contributed by atoms with Crippen molar-refractivity contribution in [2.24, 2.45) is 17.6 Å². The molecule has 1 saturated heterocycles. The van der Waals surface area contributed by atoms with Gasteiger partial charge >= 0.3 is 0 Å². The van der Waals surface area contributed by atoms with Gasteiger partial charge in [0.15, 0.2) is 0 Å². The van der Waals surface area contributed by atoms with Crippen molar-refractivity contribution in [3.63, 3.8) is 0 Å². The number of likely N-dealkylation sites (tertiary alicyclic amines) is 1. The third-order valence-corrected chi connectivity index (χ3v) is 6.87. The Balaban J connectivity index is 0.00000144. The Hall–Kier alpha value is -0.580. The van der Waals surface area contributed by atoms with E-state index in [0.717, 1.165) is 30.8 Å². The molecule has 3 atom stereocenters. The zero-order chi connectivity index (χ0) is 14.4. The van der Waals surface area contributed by atoms with E-state index in [2.05, 4.69) is 11.0 Å². The molecular formula is C17H25ClN2OS. The molecule has 0 radical (unpaired) electrons. The fourth-order valence-electron chi connectivity index (χ4n) is 4.43. The smallest absolute Gasteiger partial charge is 0.263 e. The molecule has 2 N–H and O–H groups in total. The Morgan fingerprint density at radius 1 is 1.18 bits per heavy atom. The van der Waals surface area contributed by atoms with Gasteiger partial charge in [-0.1, -0.05) is 6.42 Å². The van der Waals surface area contributed by atoms with Crippen LogP contribution < -0.4 is 5.73 Å². The molecule has 4 rings (SSSR count). The van der Waals surface area contributed by atoms with Crippen LogP contribution in [-0.2, 0) is 12.8 Å². The standard InChI is InChI=1S/C17H24N2OS.ClH/c18-14-6-3-5-12-9-19(10-13(12)14)17(20)16-8-11-4-1-2-7-15(11)21-16;/h8,12-14H,1-7,9-10,18H2;1H. The van der Waals surface area contributed by atoms with E-state index in [0.29, 0.717) is 17.9 Å². The highest BCUT2D eigenvalue weighted by atomic mass is 35.5. The van der Waals surface area contributed by atoms with Gasteiger partial charge in [-0.15, -0.1) is 23.7 Å². The van der Waals surface area contributed by atoms with Gasteiger partial charge in [-0.2, -0.15) is 0 Å². The minimum atomic E-state index is 0. The summed E-state index contributed by atoms with van der Waals surface area (Å²) in [6, 6.07) is 2.47. The van der Waals surface area contributed by atoms with Crippen molar-refractivity contribution in [2.45, 2.75) is 51.0 Å². The van der Waals surface area contributed by atoms with E-state index >= 15 is 0 Å². The van der Waals surface area contributed by atoms with Crippen molar-refractivity contribution < 1.29 is 4.79 Å². The summed E-state index contributed by atoms with van der Waals surface area (Å²) < 4.78 is 0. The Morgan fingerprint density at radius 3 is 2.77 bits per heavy atom. The molecule has 0 bridgehead atoms. The van der Waals surface area contributed by atoms with Gasteiger partial charge in [0, 0.05) is 24.0 Å². The molecule has 3 nitrogen and oxygen atoms in total. The zero-order valence-electron chi connectivity index (χ0n) is 12.9. The lowest BCUT2D eigenvalue weighted by molar-refractivity contribution is 0.0788. The van der Waals surface area contributed by atoms with Gasteiger partial charge in [0.25, 0.3) is 5.91 Å². The van der Waals surface area contributed by atoms with Crippen LogP contribution in [0.5, 0.6) is 0 Å². The van der Waals surface area contributed by atoms with E-state index in [9.17, 15) is 4.79 Å². The van der Waals surface area contributed by atoms with Crippen molar-refractivity contribution in [3.05, 3.63) is 21.4 Å². The average molecular weight is 341 g/mol. The molecule has 1 aromatic heterocycles. The van der Waals surface area contributed by atoms with Gasteiger partial charge in [0.1, 0.15) is 0 Å². The maximum absolute atomic E-state index is 12.8. The third-order valence-electron chi connectivity index (χ3n) is 5.65. The lowest BCUT2D eigenvalue weighted by Crippen LogP contribution is -2.38. The number of thiophene rings is 1. The molecule has 1 saturated carbocycles. The zero-order valence-corrected chi connectivity index (χ0v) is 14.6. The summed E-state index contributed by atoms with van der Waals surface area (Å²) in [6.45, 7) is 1.81. The van der Waals surface area contributed by atoms with Crippen LogP contribution in [0.4, 0.5) is 0 Å². The lowest BCUT2D eigenvalue weighted by Gasteiger charge is -2.29. The van der Waals surface area contributed by atoms with Crippen LogP contribution in [0.2, 0.25) is 0 Å². The number of aryl methyl sites for hydroxylation is 2. The molecule has 5 heteroatoms. The maximum atomic E-state index is 12.8. The minimum absolute atomic E-state index is 0. The van der Waals surface area contributed by atoms with Gasteiger partial charge in [0.05, 0.1) is 4.88 Å². The SMILES string of the molecule is Cl.NC1CCCC2CN(C(=O)c3cc4c(s3)CCCC4)CC12. The second kappa shape index (κ2) is 6.50. The summed E-state index contributed by atoms with van der Waals surface area (Å²) >= 11 is 1.74. The first-order valence-corrected chi connectivity index (χ1v) is 9.20. The van der Waals surface area contributed by atoms with Crippen LogP contribution in [0, 0.1) is 11.8 Å². The van der Waals surface area contributed by atoms with E-state index in [1.807, 2.05) is 0 Å². The lowest BCUT2D eigenvalue weighted by atomic mass is 9.78. The molecule has 1 aliphatic heterocycles. The van der Waals surface area contributed by atoms with Crippen LogP contribution in [0.1, 0.15) is 52.2 Å². The Morgan fingerprint density at radius 2 is 2.00 bits per heavy atom. The van der Waals surface area contributed by atoms with Crippen molar-refractivity contribution in [1.29, 1.82) is 0 Å². The molecule has 0 aromatic carbocycles. The molecule has 3 unspecified atom stereocenters. The molecule has 1 aromatic rings. The predicted octanol–water partition coefficient (Wildman–Crippen LogP) is 3.25. The summed E-state index contributed by atoms with van der Waals surface area (Å²) in [7, 11) is 0. The molecule has 2 aliphatic carbocycles. The number of amides is 1. The maximum Gasteiger partial charge on any atom is 0.263 e. The Bertz CT molecular complexity index is 535. The van der Waals surface area contributed by atoms with Gasteiger partial charge in [-0.3, -0.25) is 4.79 Å². The fourth-order valence-corrected chi connectivity index (χ4v) is 5.66. The van der Waals surface area contributed by atoms with Crippen LogP contribution in [0.15, 0.2) is 6.07 Å². The van der Waals surface area contributed by atoms with Gasteiger partial charge < -0.3 is 10.6 Å². The molecule has 2 heterocycles. The number of halogens is 1. The van der Waals surface area contributed by atoms with Crippen molar-refractivity contribution in [3.8, 4) is 0 Å². The molecule has 0 spiro atoms. The van der Waals surface area contributed by atoms with Crippen LogP contribution in [0.3, 0.4) is 0 Å². The third kappa shape index (κ3) is 2.81. The first-order chi connectivity index (χ1) is 10.2. The molecule has 2 fully saturated rings. The van der Waals surface area contributed by atoms with Gasteiger partial charge in [0.2, 0.25) is 0 Å². The van der Waals surface area contributed by atoms with Crippen molar-refractivity contribution >= 4 is 29.7 Å². The fraction of sp³-hybridized carbons (Fsp3) is 0.706. The highest BCUT2D eigenvalue weighted by Gasteiger charge is 2.40. The summed E-state index contributed by atoms with van der Waals surface area (Å²) in [5, 5.41) is 0. The number of nitrogens with zero attached hydrogens (tertiary/aromatic N) is 1. The molecule has 1 amide bonds. The van der Waals surface area contributed by atoms with Crippen molar-refractivity contribution in [2.75, 3.05) is 13.1 Å². The highest BCUT2D eigenvalue weighted by molar-refractivity contribution is 7.14. The largest absolute Gasteiger partial charge is 0.337 e. The normalized spacial score (nSPS) is 30.4. The van der Waals surface area contributed by atoms with Crippen LogP contribution >= 0.6 is 23.7 Å². The molecule has 122 valence electrons. The number of fused-ring (bicyclic) bond motifs is 2. The average Bonchev–Trinajstić information content (AvgIpc) is 3.11. The summed E-state index contributed by atoms with van der Waals surface area (Å²) in [4.78, 5) is 17.3. The van der Waals surface area contributed by atoms with E-state index in [4.69, 9.17) is 5.73 Å². The van der Waals surface area contributed by atoms with E-state index in [1.54, 1.807) is 11.3 Å². The number of carbonyl (C=O) groups excluding carboxylic acids is 1. The number of carbonyl (C=O) groups is 1. The first-order valence-electron chi connectivity index (χ1n) is 8.39.